The van der Waals surface area contributed by atoms with E-state index in [0.717, 1.165) is 16.7 Å². The first-order chi connectivity index (χ1) is 13.4. The molecule has 0 aromatic heterocycles. The predicted octanol–water partition coefficient (Wildman–Crippen LogP) is 2.80. The van der Waals surface area contributed by atoms with Crippen LogP contribution in [-0.2, 0) is 16.1 Å². The zero-order valence-electron chi connectivity index (χ0n) is 16.7. The highest BCUT2D eigenvalue weighted by Crippen LogP contribution is 2.30. The van der Waals surface area contributed by atoms with Crippen LogP contribution in [0.3, 0.4) is 0 Å². The van der Waals surface area contributed by atoms with E-state index in [4.69, 9.17) is 9.47 Å². The first kappa shape index (κ1) is 21.0. The molecule has 0 aliphatic rings. The topological polar surface area (TPSA) is 67.9 Å². The molecule has 6 nitrogen and oxygen atoms in total. The Labute approximate surface area is 165 Å². The summed E-state index contributed by atoms with van der Waals surface area (Å²) in [6.45, 7) is 2.29. The second-order valence-corrected chi connectivity index (χ2v) is 6.35. The maximum atomic E-state index is 12.3. The van der Waals surface area contributed by atoms with Crippen molar-refractivity contribution in [1.82, 2.24) is 10.2 Å². The largest absolute Gasteiger partial charge is 0.493 e. The van der Waals surface area contributed by atoms with Gasteiger partial charge < -0.3 is 19.7 Å². The summed E-state index contributed by atoms with van der Waals surface area (Å²) >= 11 is 0. The maximum absolute atomic E-state index is 12.3. The standard InChI is InChI=1S/C22H26N2O4/c1-16-12-19(27-3)20(28-4)13-18(16)15-24(2)22(26)14-23-21(25)11-10-17-8-6-5-7-9-17/h5-13H,14-15H2,1-4H3,(H,23,25)/b11-10+. The smallest absolute Gasteiger partial charge is 0.244 e. The molecule has 1 N–H and O–H groups in total. The maximum Gasteiger partial charge on any atom is 0.244 e. The van der Waals surface area contributed by atoms with Gasteiger partial charge in [-0.05, 0) is 41.8 Å². The van der Waals surface area contributed by atoms with Crippen molar-refractivity contribution in [3.8, 4) is 11.5 Å². The number of rotatable bonds is 8. The Bertz CT molecular complexity index is 847. The Morgan fingerprint density at radius 1 is 1.07 bits per heavy atom. The van der Waals surface area contributed by atoms with Crippen LogP contribution in [-0.4, -0.2) is 44.5 Å². The normalized spacial score (nSPS) is 10.6. The van der Waals surface area contributed by atoms with Gasteiger partial charge in [0.2, 0.25) is 11.8 Å². The number of nitrogens with one attached hydrogen (secondary N) is 1. The van der Waals surface area contributed by atoms with Gasteiger partial charge in [-0.15, -0.1) is 0 Å². The molecule has 2 rings (SSSR count). The molecule has 2 aromatic carbocycles. The summed E-state index contributed by atoms with van der Waals surface area (Å²) in [6.07, 6.45) is 3.12. The van der Waals surface area contributed by atoms with Crippen LogP contribution < -0.4 is 14.8 Å². The fourth-order valence-electron chi connectivity index (χ4n) is 2.63. The first-order valence-electron chi connectivity index (χ1n) is 8.91. The van der Waals surface area contributed by atoms with Crippen molar-refractivity contribution < 1.29 is 19.1 Å². The molecule has 148 valence electrons. The number of amides is 2. The van der Waals surface area contributed by atoms with Crippen LogP contribution in [0.5, 0.6) is 11.5 Å². The van der Waals surface area contributed by atoms with Crippen LogP contribution in [0, 0.1) is 6.92 Å². The number of nitrogens with zero attached hydrogens (tertiary/aromatic N) is 1. The van der Waals surface area contributed by atoms with Gasteiger partial charge in [0.05, 0.1) is 20.8 Å². The number of ether oxygens (including phenoxy) is 2. The van der Waals surface area contributed by atoms with Crippen LogP contribution in [0.25, 0.3) is 6.08 Å². The molecule has 2 aromatic rings. The fourth-order valence-corrected chi connectivity index (χ4v) is 2.63. The van der Waals surface area contributed by atoms with Crippen molar-refractivity contribution >= 4 is 17.9 Å². The SMILES string of the molecule is COc1cc(C)c(CN(C)C(=O)CNC(=O)/C=C/c2ccccc2)cc1OC. The van der Waals surface area contributed by atoms with Gasteiger partial charge in [-0.1, -0.05) is 30.3 Å². The quantitative estimate of drug-likeness (QED) is 0.713. The summed E-state index contributed by atoms with van der Waals surface area (Å²) in [7, 11) is 4.86. The van der Waals surface area contributed by atoms with Crippen LogP contribution in [0.2, 0.25) is 0 Å². The van der Waals surface area contributed by atoms with Crippen LogP contribution in [0.4, 0.5) is 0 Å². The van der Waals surface area contributed by atoms with Gasteiger partial charge in [0, 0.05) is 19.7 Å². The molecule has 0 unspecified atom stereocenters. The molecular weight excluding hydrogens is 356 g/mol. The van der Waals surface area contributed by atoms with E-state index in [9.17, 15) is 9.59 Å². The van der Waals surface area contributed by atoms with Gasteiger partial charge in [0.15, 0.2) is 11.5 Å². The van der Waals surface area contributed by atoms with E-state index in [1.807, 2.05) is 49.4 Å². The van der Waals surface area contributed by atoms with Gasteiger partial charge in [-0.25, -0.2) is 0 Å². The average molecular weight is 382 g/mol. The van der Waals surface area contributed by atoms with E-state index in [-0.39, 0.29) is 18.4 Å². The predicted molar refractivity (Wildman–Crippen MR) is 109 cm³/mol. The summed E-state index contributed by atoms with van der Waals surface area (Å²) in [4.78, 5) is 25.8. The van der Waals surface area contributed by atoms with E-state index >= 15 is 0 Å². The molecular formula is C22H26N2O4. The molecule has 28 heavy (non-hydrogen) atoms. The van der Waals surface area contributed by atoms with Crippen molar-refractivity contribution in [1.29, 1.82) is 0 Å². The molecule has 0 saturated heterocycles. The van der Waals surface area contributed by atoms with Crippen molar-refractivity contribution in [2.24, 2.45) is 0 Å². The van der Waals surface area contributed by atoms with Crippen molar-refractivity contribution in [3.63, 3.8) is 0 Å². The van der Waals surface area contributed by atoms with Crippen LogP contribution in [0.1, 0.15) is 16.7 Å². The molecule has 0 spiro atoms. The molecule has 0 fully saturated rings. The van der Waals surface area contributed by atoms with Crippen LogP contribution in [0.15, 0.2) is 48.5 Å². The number of hydrogen-bond acceptors (Lipinski definition) is 4. The lowest BCUT2D eigenvalue weighted by Crippen LogP contribution is -2.37. The minimum Gasteiger partial charge on any atom is -0.493 e. The zero-order valence-corrected chi connectivity index (χ0v) is 16.7. The van der Waals surface area contributed by atoms with Gasteiger partial charge in [-0.2, -0.15) is 0 Å². The number of benzene rings is 2. The third-order valence-corrected chi connectivity index (χ3v) is 4.32. The Balaban J connectivity index is 1.91. The Morgan fingerprint density at radius 2 is 1.71 bits per heavy atom. The molecule has 6 heteroatoms. The summed E-state index contributed by atoms with van der Waals surface area (Å²) in [5.74, 6) is 0.766. The lowest BCUT2D eigenvalue weighted by molar-refractivity contribution is -0.131. The molecule has 0 bridgehead atoms. The van der Waals surface area contributed by atoms with E-state index in [0.29, 0.717) is 18.0 Å². The summed E-state index contributed by atoms with van der Waals surface area (Å²) < 4.78 is 10.6. The Hall–Kier alpha value is -3.28. The molecule has 0 saturated carbocycles. The lowest BCUT2D eigenvalue weighted by atomic mass is 10.1. The van der Waals surface area contributed by atoms with E-state index < -0.39 is 0 Å². The fraction of sp³-hybridized carbons (Fsp3) is 0.273. The van der Waals surface area contributed by atoms with Crippen molar-refractivity contribution in [2.75, 3.05) is 27.8 Å². The molecule has 0 atom stereocenters. The summed E-state index contributed by atoms with van der Waals surface area (Å²) in [6, 6.07) is 13.2. The van der Waals surface area contributed by atoms with E-state index in [1.54, 1.807) is 32.2 Å². The number of hydrogen-bond donors (Lipinski definition) is 1. The highest BCUT2D eigenvalue weighted by Gasteiger charge is 2.14. The van der Waals surface area contributed by atoms with Gasteiger partial charge in [-0.3, -0.25) is 9.59 Å². The second kappa shape index (κ2) is 10.2. The number of methoxy groups -OCH3 is 2. The number of carbonyl (C=O) groups is 2. The van der Waals surface area contributed by atoms with Crippen LogP contribution >= 0.6 is 0 Å². The lowest BCUT2D eigenvalue weighted by Gasteiger charge is -2.20. The third kappa shape index (κ3) is 5.87. The Kier molecular flexibility index (Phi) is 7.63. The van der Waals surface area contributed by atoms with Crippen molar-refractivity contribution in [2.45, 2.75) is 13.5 Å². The monoisotopic (exact) mass is 382 g/mol. The Morgan fingerprint density at radius 3 is 2.36 bits per heavy atom. The average Bonchev–Trinajstić information content (AvgIpc) is 2.72. The molecule has 0 heterocycles. The highest BCUT2D eigenvalue weighted by atomic mass is 16.5. The number of carbonyl (C=O) groups excluding carboxylic acids is 2. The first-order valence-corrected chi connectivity index (χ1v) is 8.91. The van der Waals surface area contributed by atoms with Gasteiger partial charge in [0.25, 0.3) is 0 Å². The molecule has 2 amide bonds. The molecule has 0 radical (unpaired) electrons. The highest BCUT2D eigenvalue weighted by molar-refractivity contribution is 5.94. The summed E-state index contributed by atoms with van der Waals surface area (Å²) in [5.41, 5.74) is 2.86. The molecule has 0 aliphatic heterocycles. The van der Waals surface area contributed by atoms with Gasteiger partial charge in [0.1, 0.15) is 0 Å². The zero-order chi connectivity index (χ0) is 20.5. The minimum atomic E-state index is -0.312. The molecule has 0 aliphatic carbocycles. The number of likely N-dealkylation sites (N-methyl/N-ethyl adjacent to an activating group) is 1. The summed E-state index contributed by atoms with van der Waals surface area (Å²) in [5, 5.41) is 2.61. The van der Waals surface area contributed by atoms with E-state index in [1.165, 1.54) is 6.08 Å². The number of aryl methyl sites for hydroxylation is 1. The van der Waals surface area contributed by atoms with E-state index in [2.05, 4.69) is 5.32 Å². The minimum absolute atomic E-state index is 0.0687. The second-order valence-electron chi connectivity index (χ2n) is 6.35. The third-order valence-electron chi connectivity index (χ3n) is 4.32. The van der Waals surface area contributed by atoms with Crippen molar-refractivity contribution in [3.05, 3.63) is 65.2 Å². The van der Waals surface area contributed by atoms with Gasteiger partial charge >= 0.3 is 0 Å².